The third-order valence-electron chi connectivity index (χ3n) is 5.71. The minimum Gasteiger partial charge on any atom is -0.447 e. The highest BCUT2D eigenvalue weighted by Crippen LogP contribution is 2.18. The molecule has 0 aliphatic carbocycles. The van der Waals surface area contributed by atoms with Gasteiger partial charge in [-0.25, -0.2) is 15.2 Å². The summed E-state index contributed by atoms with van der Waals surface area (Å²) in [4.78, 5) is 40.5. The molecule has 0 fully saturated rings. The van der Waals surface area contributed by atoms with Crippen molar-refractivity contribution in [2.24, 2.45) is 0 Å². The molecule has 1 aromatic heterocycles. The number of nitrogens with one attached hydrogen (secondary N) is 3. The number of anilines is 1. The predicted octanol–water partition coefficient (Wildman–Crippen LogP) is 4.67. The third kappa shape index (κ3) is 9.04. The molecule has 3 aromatic rings. The van der Waals surface area contributed by atoms with Crippen LogP contribution in [0.4, 0.5) is 10.6 Å². The van der Waals surface area contributed by atoms with Crippen LogP contribution >= 0.6 is 11.6 Å². The summed E-state index contributed by atoms with van der Waals surface area (Å²) in [5, 5.41) is 9.38. The molecule has 196 valence electrons. The monoisotopic (exact) mass is 525 g/mol. The van der Waals surface area contributed by atoms with Gasteiger partial charge in [0.2, 0.25) is 11.8 Å². The highest BCUT2D eigenvalue weighted by molar-refractivity contribution is 6.31. The van der Waals surface area contributed by atoms with Gasteiger partial charge in [-0.3, -0.25) is 19.9 Å². The summed E-state index contributed by atoms with van der Waals surface area (Å²) in [7, 11) is 0. The van der Waals surface area contributed by atoms with E-state index in [9.17, 15) is 14.4 Å². The van der Waals surface area contributed by atoms with Crippen molar-refractivity contribution in [3.8, 4) is 0 Å². The number of benzene rings is 2. The van der Waals surface area contributed by atoms with Crippen molar-refractivity contribution in [2.75, 3.05) is 18.5 Å². The number of ether oxygens (including phenoxy) is 1. The molecule has 1 heterocycles. The number of hydrazine groups is 1. The molecule has 9 nitrogen and oxygen atoms in total. The Morgan fingerprint density at radius 2 is 1.76 bits per heavy atom. The fourth-order valence-corrected chi connectivity index (χ4v) is 4.03. The summed E-state index contributed by atoms with van der Waals surface area (Å²) in [5.74, 6) is 0.0561. The number of pyridine rings is 1. The predicted molar refractivity (Wildman–Crippen MR) is 144 cm³/mol. The van der Waals surface area contributed by atoms with Crippen LogP contribution in [0.3, 0.4) is 0 Å². The van der Waals surface area contributed by atoms with Gasteiger partial charge in [0.1, 0.15) is 12.4 Å². The zero-order valence-corrected chi connectivity index (χ0v) is 21.8. The van der Waals surface area contributed by atoms with Gasteiger partial charge in [0, 0.05) is 43.5 Å². The molecule has 0 spiro atoms. The molecule has 0 bridgehead atoms. The fourth-order valence-electron chi connectivity index (χ4n) is 3.83. The smallest absolute Gasteiger partial charge is 0.412 e. The Morgan fingerprint density at radius 1 is 1.03 bits per heavy atom. The maximum absolute atomic E-state index is 12.6. The van der Waals surface area contributed by atoms with Crippen LogP contribution in [0.25, 0.3) is 10.8 Å². The van der Waals surface area contributed by atoms with Crippen LogP contribution in [0.1, 0.15) is 38.7 Å². The second-order valence-electron chi connectivity index (χ2n) is 8.59. The first-order valence-corrected chi connectivity index (χ1v) is 12.5. The van der Waals surface area contributed by atoms with Crippen molar-refractivity contribution in [1.29, 1.82) is 0 Å². The summed E-state index contributed by atoms with van der Waals surface area (Å²) in [6.45, 7) is 3.74. The lowest BCUT2D eigenvalue weighted by molar-refractivity contribution is -0.136. The fraction of sp³-hybridized carbons (Fsp3) is 0.333. The quantitative estimate of drug-likeness (QED) is 0.234. The topological polar surface area (TPSA) is 113 Å². The van der Waals surface area contributed by atoms with E-state index in [0.717, 1.165) is 22.8 Å². The van der Waals surface area contributed by atoms with E-state index >= 15 is 0 Å². The van der Waals surface area contributed by atoms with E-state index in [1.54, 1.807) is 18.3 Å². The van der Waals surface area contributed by atoms with Crippen LogP contribution in [0, 0.1) is 0 Å². The van der Waals surface area contributed by atoms with Gasteiger partial charge in [-0.15, -0.1) is 0 Å². The van der Waals surface area contributed by atoms with E-state index < -0.39 is 12.1 Å². The number of unbranched alkanes of at least 4 members (excludes halogenated alkanes) is 1. The number of hydrogen-bond acceptors (Lipinski definition) is 6. The summed E-state index contributed by atoms with van der Waals surface area (Å²) in [5.41, 5.74) is 3.97. The van der Waals surface area contributed by atoms with Gasteiger partial charge < -0.3 is 10.1 Å². The lowest BCUT2D eigenvalue weighted by Crippen LogP contribution is -2.50. The molecule has 37 heavy (non-hydrogen) atoms. The Hall–Kier alpha value is -3.69. The first kappa shape index (κ1) is 27.9. The maximum Gasteiger partial charge on any atom is 0.412 e. The number of carbonyl (C=O) groups is 3. The largest absolute Gasteiger partial charge is 0.447 e. The van der Waals surface area contributed by atoms with E-state index in [0.29, 0.717) is 36.8 Å². The van der Waals surface area contributed by atoms with Crippen LogP contribution in [0.5, 0.6) is 0 Å². The van der Waals surface area contributed by atoms with Gasteiger partial charge in [-0.05, 0) is 42.3 Å². The Morgan fingerprint density at radius 3 is 2.49 bits per heavy atom. The maximum atomic E-state index is 12.6. The number of hydrogen-bond donors (Lipinski definition) is 3. The zero-order valence-electron chi connectivity index (χ0n) is 21.0. The van der Waals surface area contributed by atoms with Crippen molar-refractivity contribution < 1.29 is 19.1 Å². The molecule has 0 aliphatic heterocycles. The molecular formula is C27H32ClN5O4. The first-order valence-electron chi connectivity index (χ1n) is 12.1. The molecule has 0 aliphatic rings. The van der Waals surface area contributed by atoms with Crippen molar-refractivity contribution in [1.82, 2.24) is 20.7 Å². The average Bonchev–Trinajstić information content (AvgIpc) is 2.87. The number of carbonyl (C=O) groups excluding carboxylic acids is 3. The summed E-state index contributed by atoms with van der Waals surface area (Å²) in [6, 6.07) is 16.4. The van der Waals surface area contributed by atoms with E-state index in [1.807, 2.05) is 42.5 Å². The van der Waals surface area contributed by atoms with Gasteiger partial charge in [-0.2, -0.15) is 0 Å². The number of aromatic nitrogens is 1. The summed E-state index contributed by atoms with van der Waals surface area (Å²) < 4.78 is 5.50. The van der Waals surface area contributed by atoms with Crippen LogP contribution in [-0.4, -0.2) is 47.1 Å². The Kier molecular flexibility index (Phi) is 10.7. The third-order valence-corrected chi connectivity index (χ3v) is 6.08. The van der Waals surface area contributed by atoms with E-state index in [2.05, 4.69) is 21.0 Å². The second-order valence-corrected chi connectivity index (χ2v) is 9.00. The van der Waals surface area contributed by atoms with E-state index in [4.69, 9.17) is 16.3 Å². The highest BCUT2D eigenvalue weighted by atomic mass is 35.5. The molecule has 0 saturated heterocycles. The molecule has 0 unspecified atom stereocenters. The number of amides is 3. The highest BCUT2D eigenvalue weighted by Gasteiger charge is 2.23. The van der Waals surface area contributed by atoms with Crippen molar-refractivity contribution in [2.45, 2.75) is 45.7 Å². The average molecular weight is 526 g/mol. The minimum atomic E-state index is -0.666. The molecule has 0 radical (unpaired) electrons. The molecule has 10 heteroatoms. The molecule has 1 atom stereocenters. The molecule has 3 amide bonds. The molecule has 0 saturated carbocycles. The van der Waals surface area contributed by atoms with Crippen LogP contribution in [-0.2, 0) is 20.9 Å². The molecule has 2 aromatic carbocycles. The number of rotatable bonds is 12. The van der Waals surface area contributed by atoms with Crippen molar-refractivity contribution >= 4 is 46.1 Å². The first-order chi connectivity index (χ1) is 17.8. The van der Waals surface area contributed by atoms with Crippen molar-refractivity contribution in [3.63, 3.8) is 0 Å². The normalized spacial score (nSPS) is 11.5. The van der Waals surface area contributed by atoms with Gasteiger partial charge in [0.25, 0.3) is 0 Å². The summed E-state index contributed by atoms with van der Waals surface area (Å²) >= 11 is 6.27. The summed E-state index contributed by atoms with van der Waals surface area (Å²) in [6.07, 6.45) is 3.00. The molecule has 3 N–H and O–H groups in total. The number of halogens is 1. The van der Waals surface area contributed by atoms with Gasteiger partial charge in [-0.1, -0.05) is 54.1 Å². The zero-order chi connectivity index (χ0) is 26.6. The minimum absolute atomic E-state index is 0.0331. The van der Waals surface area contributed by atoms with Crippen LogP contribution in [0.2, 0.25) is 5.02 Å². The Labute approximate surface area is 221 Å². The molecule has 3 rings (SSSR count). The number of nitrogens with zero attached hydrogens (tertiary/aromatic N) is 2. The SMILES string of the molecule is CC(=O)NCCCC[C@@H](COC(=O)Nc1cc2ccccc2cn1)N(NCc1ccccc1Cl)C(C)=O. The number of fused-ring (bicyclic) bond motifs is 1. The van der Waals surface area contributed by atoms with Crippen molar-refractivity contribution in [3.05, 3.63) is 71.4 Å². The van der Waals surface area contributed by atoms with Gasteiger partial charge in [0.15, 0.2) is 0 Å². The molecular weight excluding hydrogens is 494 g/mol. The lowest BCUT2D eigenvalue weighted by atomic mass is 10.1. The lowest BCUT2D eigenvalue weighted by Gasteiger charge is -2.31. The van der Waals surface area contributed by atoms with Crippen LogP contribution in [0.15, 0.2) is 60.8 Å². The Balaban J connectivity index is 1.63. The Bertz CT molecular complexity index is 1220. The second kappa shape index (κ2) is 14.2. The van der Waals surface area contributed by atoms with E-state index in [1.165, 1.54) is 18.9 Å². The van der Waals surface area contributed by atoms with Gasteiger partial charge in [0.05, 0.1) is 6.04 Å². The van der Waals surface area contributed by atoms with E-state index in [-0.39, 0.29) is 18.4 Å². The standard InChI is InChI=1S/C27H32ClN5O4/c1-19(34)29-14-8-7-12-24(33(20(2)35)31-17-23-11-5-6-13-25(23)28)18-37-27(36)32-26-15-21-9-3-4-10-22(21)16-30-26/h3-6,9-11,13,15-16,24,31H,7-8,12,14,17-18H2,1-2H3,(H,29,34)(H,30,32,36)/t24-/m0/s1. The van der Waals surface area contributed by atoms with Gasteiger partial charge >= 0.3 is 6.09 Å². The van der Waals surface area contributed by atoms with Crippen LogP contribution < -0.4 is 16.1 Å².